The van der Waals surface area contributed by atoms with Crippen LogP contribution in [0.1, 0.15) is 83.8 Å². The number of H-pyrrole nitrogens is 1. The number of nitrogens with one attached hydrogen (secondary N) is 3. The number of amides is 1. The Morgan fingerprint density at radius 3 is 2.23 bits per heavy atom. The van der Waals surface area contributed by atoms with Gasteiger partial charge in [0.2, 0.25) is 5.43 Å². The Bertz CT molecular complexity index is 1620. The Balaban J connectivity index is 2.13. The highest BCUT2D eigenvalue weighted by molar-refractivity contribution is 7.52. The molecule has 5 N–H and O–H groups in total. The van der Waals surface area contributed by atoms with Crippen LogP contribution >= 0.6 is 7.75 Å². The van der Waals surface area contributed by atoms with Crippen LogP contribution in [0.4, 0.5) is 5.69 Å². The van der Waals surface area contributed by atoms with Gasteiger partial charge >= 0.3 is 13.7 Å². The summed E-state index contributed by atoms with van der Waals surface area (Å²) in [6.07, 6.45) is 1.00. The summed E-state index contributed by atoms with van der Waals surface area (Å²) >= 11 is 0. The molecule has 0 fully saturated rings. The molecule has 0 aliphatic heterocycles. The first-order valence-corrected chi connectivity index (χ1v) is 16.1. The van der Waals surface area contributed by atoms with Gasteiger partial charge in [-0.25, -0.2) is 4.57 Å². The number of rotatable bonds is 11. The topological polar surface area (TPSA) is 162 Å². The van der Waals surface area contributed by atoms with Crippen molar-refractivity contribution in [3.05, 3.63) is 69.5 Å². The zero-order chi connectivity index (χ0) is 33.0. The minimum Gasteiger partial charge on any atom is -0.462 e. The van der Waals surface area contributed by atoms with Gasteiger partial charge in [-0.3, -0.25) is 18.9 Å². The fourth-order valence-electron chi connectivity index (χ4n) is 4.51. The summed E-state index contributed by atoms with van der Waals surface area (Å²) in [6.45, 7) is 16.7. The standard InChI is InChI=1S/C32H45N4O7P/c1-19(2)42-30(39)20(3)36-44(40,41-15-14-33)43-27-17-26(23(31(4,5)6)16-24(27)32(7,8)9)35-29(38)22-18-34-25-13-11-10-12-21(25)28(22)37/h10-13,16-20H,14-15,33H2,1-9H3,(H,34,37)(H,35,38)(H,36,40)/t20-,44-/m0/s1. The largest absolute Gasteiger partial charge is 0.462 e. The number of carbonyl (C=O) groups is 2. The fraction of sp³-hybridized carbons (Fsp3) is 0.469. The molecule has 11 nitrogen and oxygen atoms in total. The lowest BCUT2D eigenvalue weighted by molar-refractivity contribution is -0.149. The third-order valence-corrected chi connectivity index (χ3v) is 8.33. The number of esters is 1. The summed E-state index contributed by atoms with van der Waals surface area (Å²) in [5, 5.41) is 5.93. The van der Waals surface area contributed by atoms with E-state index in [1.54, 1.807) is 44.2 Å². The number of ether oxygens (including phenoxy) is 1. The minimum absolute atomic E-state index is 0.0521. The molecule has 1 aromatic heterocycles. The van der Waals surface area contributed by atoms with Gasteiger partial charge < -0.3 is 25.3 Å². The molecule has 3 rings (SSSR count). The number of nitrogens with two attached hydrogens (primary N) is 1. The number of aromatic amines is 1. The molecule has 2 atom stereocenters. The summed E-state index contributed by atoms with van der Waals surface area (Å²) in [4.78, 5) is 42.3. The van der Waals surface area contributed by atoms with Gasteiger partial charge in [0.25, 0.3) is 5.91 Å². The Hall–Kier alpha value is -3.50. The Morgan fingerprint density at radius 1 is 1.00 bits per heavy atom. The van der Waals surface area contributed by atoms with Gasteiger partial charge in [-0.1, -0.05) is 53.7 Å². The molecule has 0 saturated heterocycles. The molecule has 1 amide bonds. The second-order valence-corrected chi connectivity index (χ2v) is 14.7. The predicted molar refractivity (Wildman–Crippen MR) is 173 cm³/mol. The first-order chi connectivity index (χ1) is 20.4. The molecule has 0 bridgehead atoms. The monoisotopic (exact) mass is 628 g/mol. The number of anilines is 1. The maximum atomic E-state index is 14.1. The molecule has 0 aliphatic carbocycles. The molecule has 0 saturated carbocycles. The summed E-state index contributed by atoms with van der Waals surface area (Å²) in [5.41, 5.74) is 6.61. The Kier molecular flexibility index (Phi) is 10.9. The maximum Gasteiger partial charge on any atom is 0.459 e. The number of hydrogen-bond donors (Lipinski definition) is 4. The molecule has 44 heavy (non-hydrogen) atoms. The van der Waals surface area contributed by atoms with E-state index >= 15 is 0 Å². The van der Waals surface area contributed by atoms with E-state index in [-0.39, 0.29) is 30.6 Å². The van der Waals surface area contributed by atoms with E-state index in [0.29, 0.717) is 22.2 Å². The third kappa shape index (κ3) is 8.57. The van der Waals surface area contributed by atoms with Gasteiger partial charge in [0, 0.05) is 41.0 Å². The number of benzene rings is 2. The van der Waals surface area contributed by atoms with E-state index in [1.807, 2.05) is 47.6 Å². The van der Waals surface area contributed by atoms with Crippen molar-refractivity contribution < 1.29 is 27.9 Å². The molecule has 3 aromatic rings. The highest BCUT2D eigenvalue weighted by Gasteiger charge is 2.35. The lowest BCUT2D eigenvalue weighted by atomic mass is 9.79. The van der Waals surface area contributed by atoms with E-state index in [2.05, 4.69) is 15.4 Å². The SMILES string of the molecule is CC(C)OC(=O)[C@H](C)N[P@](=O)(OCCN)Oc1cc(NC(=O)c2c[nH]c3ccccc3c2=O)c(C(C)(C)C)cc1C(C)(C)C. The molecule has 12 heteroatoms. The van der Waals surface area contributed by atoms with Crippen molar-refractivity contribution in [2.45, 2.75) is 85.3 Å². The molecule has 0 unspecified atom stereocenters. The quantitative estimate of drug-likeness (QED) is 0.153. The zero-order valence-electron chi connectivity index (χ0n) is 27.0. The van der Waals surface area contributed by atoms with Crippen molar-refractivity contribution in [3.8, 4) is 5.75 Å². The van der Waals surface area contributed by atoms with Gasteiger partial charge in [0.05, 0.1) is 12.7 Å². The molecular formula is C32H45N4O7P. The Labute approximate surface area is 258 Å². The molecule has 240 valence electrons. The number of aromatic nitrogens is 1. The maximum absolute atomic E-state index is 14.1. The molecule has 0 aliphatic rings. The summed E-state index contributed by atoms with van der Waals surface area (Å²) in [7, 11) is -4.21. The van der Waals surface area contributed by atoms with Crippen molar-refractivity contribution in [2.24, 2.45) is 5.73 Å². The van der Waals surface area contributed by atoms with Crippen molar-refractivity contribution in [1.82, 2.24) is 10.1 Å². The molecule has 1 heterocycles. The number of fused-ring (bicyclic) bond motifs is 1. The van der Waals surface area contributed by atoms with Crippen LogP contribution in [0.25, 0.3) is 10.9 Å². The number of pyridine rings is 1. The zero-order valence-corrected chi connectivity index (χ0v) is 27.9. The van der Waals surface area contributed by atoms with Crippen LogP contribution < -0.4 is 26.1 Å². The third-order valence-electron chi connectivity index (χ3n) is 6.67. The van der Waals surface area contributed by atoms with Gasteiger partial charge in [0.1, 0.15) is 17.4 Å². The molecule has 2 aromatic carbocycles. The summed E-state index contributed by atoms with van der Waals surface area (Å²) in [5.74, 6) is -1.10. The predicted octanol–water partition coefficient (Wildman–Crippen LogP) is 5.77. The van der Waals surface area contributed by atoms with Gasteiger partial charge in [-0.15, -0.1) is 0 Å². The number of carbonyl (C=O) groups excluding carboxylic acids is 2. The second-order valence-electron chi connectivity index (χ2n) is 13.0. The van der Waals surface area contributed by atoms with Crippen molar-refractivity contribution in [2.75, 3.05) is 18.5 Å². The first kappa shape index (κ1) is 35.0. The van der Waals surface area contributed by atoms with E-state index in [0.717, 1.165) is 5.56 Å². The molecular weight excluding hydrogens is 583 g/mol. The van der Waals surface area contributed by atoms with Crippen LogP contribution in [0.15, 0.2) is 47.4 Å². The average Bonchev–Trinajstić information content (AvgIpc) is 2.90. The van der Waals surface area contributed by atoms with Crippen LogP contribution in [-0.2, 0) is 29.5 Å². The summed E-state index contributed by atoms with van der Waals surface area (Å²) < 4.78 is 31.0. The van der Waals surface area contributed by atoms with Crippen molar-refractivity contribution in [1.29, 1.82) is 0 Å². The number of hydrogen-bond acceptors (Lipinski definition) is 8. The van der Waals surface area contributed by atoms with Gasteiger partial charge in [-0.2, -0.15) is 5.09 Å². The smallest absolute Gasteiger partial charge is 0.459 e. The van der Waals surface area contributed by atoms with Crippen LogP contribution in [0.5, 0.6) is 5.75 Å². The highest BCUT2D eigenvalue weighted by atomic mass is 31.2. The van der Waals surface area contributed by atoms with Crippen LogP contribution in [0, 0.1) is 0 Å². The molecule has 0 radical (unpaired) electrons. The van der Waals surface area contributed by atoms with E-state index in [9.17, 15) is 18.9 Å². The second kappa shape index (κ2) is 13.6. The normalized spacial score (nSPS) is 14.2. The summed E-state index contributed by atoms with van der Waals surface area (Å²) in [6, 6.07) is 9.36. The van der Waals surface area contributed by atoms with Gasteiger partial charge in [0.15, 0.2) is 0 Å². The van der Waals surface area contributed by atoms with E-state index in [1.165, 1.54) is 13.1 Å². The highest BCUT2D eigenvalue weighted by Crippen LogP contribution is 2.49. The van der Waals surface area contributed by atoms with Crippen molar-refractivity contribution in [3.63, 3.8) is 0 Å². The Morgan fingerprint density at radius 2 is 1.64 bits per heavy atom. The number of para-hydroxylation sites is 1. The van der Waals surface area contributed by atoms with Crippen LogP contribution in [0.2, 0.25) is 0 Å². The lowest BCUT2D eigenvalue weighted by Gasteiger charge is -2.31. The van der Waals surface area contributed by atoms with Crippen LogP contribution in [-0.4, -0.2) is 42.2 Å². The fourth-order valence-corrected chi connectivity index (χ4v) is 6.02. The van der Waals surface area contributed by atoms with Crippen LogP contribution in [0.3, 0.4) is 0 Å². The van der Waals surface area contributed by atoms with E-state index < -0.39 is 41.9 Å². The molecule has 0 spiro atoms. The average molecular weight is 629 g/mol. The first-order valence-electron chi connectivity index (χ1n) is 14.6. The minimum atomic E-state index is -4.21. The lowest BCUT2D eigenvalue weighted by Crippen LogP contribution is -2.36. The van der Waals surface area contributed by atoms with E-state index in [4.69, 9.17) is 19.5 Å². The van der Waals surface area contributed by atoms with Gasteiger partial charge in [-0.05, 0) is 55.4 Å². The van der Waals surface area contributed by atoms with Crippen molar-refractivity contribution >= 4 is 36.2 Å².